The van der Waals surface area contributed by atoms with Gasteiger partial charge in [-0.25, -0.2) is 4.79 Å². The molecule has 2 aromatic rings. The molecule has 0 radical (unpaired) electrons. The Morgan fingerprint density at radius 1 is 0.938 bits per heavy atom. The van der Waals surface area contributed by atoms with Crippen LogP contribution in [-0.2, 0) is 17.8 Å². The Morgan fingerprint density at radius 2 is 1.66 bits per heavy atom. The van der Waals surface area contributed by atoms with Gasteiger partial charge in [0.2, 0.25) is 5.91 Å². The number of piperidine rings is 1. The average Bonchev–Trinajstić information content (AvgIpc) is 3.38. The summed E-state index contributed by atoms with van der Waals surface area (Å²) in [5, 5.41) is 6.10. The molecule has 2 N–H and O–H groups in total. The Morgan fingerprint density at radius 3 is 2.34 bits per heavy atom. The molecule has 0 spiro atoms. The number of benzene rings is 2. The highest BCUT2D eigenvalue weighted by Crippen LogP contribution is 2.32. The van der Waals surface area contributed by atoms with Crippen LogP contribution in [-0.4, -0.2) is 36.0 Å². The molecule has 0 aromatic heterocycles. The highest BCUT2D eigenvalue weighted by molar-refractivity contribution is 5.79. The zero-order chi connectivity index (χ0) is 22.3. The Hall–Kier alpha value is -2.82. The number of hydrogen-bond acceptors (Lipinski definition) is 2. The van der Waals surface area contributed by atoms with Gasteiger partial charge in [0, 0.05) is 37.5 Å². The first-order chi connectivity index (χ1) is 15.6. The summed E-state index contributed by atoms with van der Waals surface area (Å²) < 4.78 is 0. The van der Waals surface area contributed by atoms with Gasteiger partial charge in [0.1, 0.15) is 0 Å². The molecule has 2 unspecified atom stereocenters. The molecule has 1 aliphatic carbocycles. The van der Waals surface area contributed by atoms with Crippen molar-refractivity contribution in [3.05, 3.63) is 71.3 Å². The van der Waals surface area contributed by atoms with Crippen molar-refractivity contribution in [2.45, 2.75) is 64.0 Å². The lowest BCUT2D eigenvalue weighted by atomic mass is 9.86. The van der Waals surface area contributed by atoms with Crippen molar-refractivity contribution >= 4 is 11.9 Å². The van der Waals surface area contributed by atoms with Crippen LogP contribution in [0.25, 0.3) is 0 Å². The molecule has 2 fully saturated rings. The van der Waals surface area contributed by atoms with Gasteiger partial charge in [-0.3, -0.25) is 4.79 Å². The third-order valence-corrected chi connectivity index (χ3v) is 6.96. The number of likely N-dealkylation sites (tertiary alicyclic amines) is 1. The van der Waals surface area contributed by atoms with Crippen LogP contribution in [0.1, 0.15) is 61.6 Å². The highest BCUT2D eigenvalue weighted by atomic mass is 16.2. The summed E-state index contributed by atoms with van der Waals surface area (Å²) in [7, 11) is 0. The Kier molecular flexibility index (Phi) is 7.46. The molecular weight excluding hydrogens is 398 g/mol. The zero-order valence-electron chi connectivity index (χ0n) is 19.1. The minimum absolute atomic E-state index is 0.0549. The summed E-state index contributed by atoms with van der Waals surface area (Å²) in [6, 6.07) is 18.4. The van der Waals surface area contributed by atoms with Crippen molar-refractivity contribution in [3.8, 4) is 0 Å². The van der Waals surface area contributed by atoms with E-state index in [-0.39, 0.29) is 29.8 Å². The van der Waals surface area contributed by atoms with E-state index in [1.807, 2.05) is 35.2 Å². The lowest BCUT2D eigenvalue weighted by Gasteiger charge is -2.39. The average molecular weight is 434 g/mol. The lowest BCUT2D eigenvalue weighted by Crippen LogP contribution is -2.54. The first-order valence-electron chi connectivity index (χ1n) is 12.1. The van der Waals surface area contributed by atoms with E-state index in [2.05, 4.69) is 41.8 Å². The fourth-order valence-corrected chi connectivity index (χ4v) is 5.10. The molecule has 170 valence electrons. The monoisotopic (exact) mass is 433 g/mol. The van der Waals surface area contributed by atoms with Crippen LogP contribution in [0.5, 0.6) is 0 Å². The van der Waals surface area contributed by atoms with Gasteiger partial charge in [-0.2, -0.15) is 0 Å². The molecular formula is C27H35N3O2. The van der Waals surface area contributed by atoms with Crippen LogP contribution in [0.3, 0.4) is 0 Å². The van der Waals surface area contributed by atoms with Crippen molar-refractivity contribution in [1.82, 2.24) is 15.5 Å². The van der Waals surface area contributed by atoms with Gasteiger partial charge in [0.25, 0.3) is 0 Å². The molecule has 1 saturated heterocycles. The van der Waals surface area contributed by atoms with E-state index in [4.69, 9.17) is 0 Å². The molecule has 3 amide bonds. The van der Waals surface area contributed by atoms with Crippen molar-refractivity contribution in [1.29, 1.82) is 0 Å². The van der Waals surface area contributed by atoms with Gasteiger partial charge in [0.05, 0.1) is 0 Å². The Balaban J connectivity index is 1.43. The van der Waals surface area contributed by atoms with Gasteiger partial charge < -0.3 is 15.5 Å². The normalized spacial score (nSPS) is 21.3. The molecule has 5 heteroatoms. The summed E-state index contributed by atoms with van der Waals surface area (Å²) in [5.74, 6) is 0.664. The fraction of sp³-hybridized carbons (Fsp3) is 0.481. The molecule has 0 bridgehead atoms. The van der Waals surface area contributed by atoms with Crippen LogP contribution in [0, 0.1) is 5.92 Å². The van der Waals surface area contributed by atoms with Crippen molar-refractivity contribution in [3.63, 3.8) is 0 Å². The number of hydrogen-bond donors (Lipinski definition) is 2. The molecule has 32 heavy (non-hydrogen) atoms. The van der Waals surface area contributed by atoms with E-state index < -0.39 is 0 Å². The minimum Gasteiger partial charge on any atom is -0.340 e. The molecule has 2 aliphatic rings. The maximum absolute atomic E-state index is 13.2. The van der Waals surface area contributed by atoms with Gasteiger partial charge in [-0.1, -0.05) is 74.4 Å². The van der Waals surface area contributed by atoms with Crippen LogP contribution >= 0.6 is 0 Å². The van der Waals surface area contributed by atoms with Gasteiger partial charge in [-0.15, -0.1) is 0 Å². The molecule has 5 nitrogen and oxygen atoms in total. The summed E-state index contributed by atoms with van der Waals surface area (Å²) in [4.78, 5) is 27.8. The highest BCUT2D eigenvalue weighted by Gasteiger charge is 2.35. The lowest BCUT2D eigenvalue weighted by molar-refractivity contribution is -0.137. The predicted octanol–water partition coefficient (Wildman–Crippen LogP) is 4.62. The standard InChI is InChI=1S/C27H35N3O2/c1-2-20-12-14-22(15-13-20)24-16-25(19-30(18-24)26(31)23-10-6-7-11-23)29-27(32)28-17-21-8-4-3-5-9-21/h3-5,8-9,12-15,23-25H,2,6-7,10-11,16-19H2,1H3,(H2,28,29,32). The first kappa shape index (κ1) is 22.4. The third kappa shape index (κ3) is 5.70. The minimum atomic E-state index is -0.172. The number of carbonyl (C=O) groups is 2. The second-order valence-corrected chi connectivity index (χ2v) is 9.26. The number of nitrogens with zero attached hydrogens (tertiary/aromatic N) is 1. The molecule has 1 saturated carbocycles. The number of nitrogens with one attached hydrogen (secondary N) is 2. The maximum atomic E-state index is 13.2. The molecule has 2 aromatic carbocycles. The largest absolute Gasteiger partial charge is 0.340 e. The summed E-state index contributed by atoms with van der Waals surface area (Å²) in [5.41, 5.74) is 3.64. The van der Waals surface area contributed by atoms with E-state index in [0.29, 0.717) is 13.1 Å². The quantitative estimate of drug-likeness (QED) is 0.698. The van der Waals surface area contributed by atoms with E-state index >= 15 is 0 Å². The number of carbonyl (C=O) groups excluding carboxylic acids is 2. The van der Waals surface area contributed by atoms with Crippen molar-refractivity contribution in [2.75, 3.05) is 13.1 Å². The molecule has 4 rings (SSSR count). The van der Waals surface area contributed by atoms with Crippen LogP contribution in [0.4, 0.5) is 4.79 Å². The summed E-state index contributed by atoms with van der Waals surface area (Å²) >= 11 is 0. The smallest absolute Gasteiger partial charge is 0.315 e. The Bertz CT molecular complexity index is 891. The molecule has 1 heterocycles. The first-order valence-corrected chi connectivity index (χ1v) is 12.1. The fourth-order valence-electron chi connectivity index (χ4n) is 5.10. The van der Waals surface area contributed by atoms with Gasteiger partial charge >= 0.3 is 6.03 Å². The zero-order valence-corrected chi connectivity index (χ0v) is 19.1. The number of amides is 3. The van der Waals surface area contributed by atoms with Crippen LogP contribution in [0.2, 0.25) is 0 Å². The van der Waals surface area contributed by atoms with E-state index in [0.717, 1.165) is 50.6 Å². The summed E-state index contributed by atoms with van der Waals surface area (Å²) in [6.45, 7) is 3.99. The topological polar surface area (TPSA) is 61.4 Å². The van der Waals surface area contributed by atoms with Gasteiger partial charge in [0.15, 0.2) is 0 Å². The predicted molar refractivity (Wildman–Crippen MR) is 127 cm³/mol. The summed E-state index contributed by atoms with van der Waals surface area (Å²) in [6.07, 6.45) is 6.16. The second kappa shape index (κ2) is 10.7. The maximum Gasteiger partial charge on any atom is 0.315 e. The van der Waals surface area contributed by atoms with E-state index in [1.165, 1.54) is 11.1 Å². The van der Waals surface area contributed by atoms with E-state index in [9.17, 15) is 9.59 Å². The SMILES string of the molecule is CCc1ccc(C2CC(NC(=O)NCc3ccccc3)CN(C(=O)C3CCCC3)C2)cc1. The van der Waals surface area contributed by atoms with Crippen LogP contribution in [0.15, 0.2) is 54.6 Å². The van der Waals surface area contributed by atoms with Gasteiger partial charge in [-0.05, 0) is 42.4 Å². The second-order valence-electron chi connectivity index (χ2n) is 9.26. The third-order valence-electron chi connectivity index (χ3n) is 6.96. The molecule has 1 aliphatic heterocycles. The van der Waals surface area contributed by atoms with Crippen molar-refractivity contribution in [2.24, 2.45) is 5.92 Å². The Labute approximate surface area is 191 Å². The molecule has 2 atom stereocenters. The number of urea groups is 1. The van der Waals surface area contributed by atoms with Crippen molar-refractivity contribution < 1.29 is 9.59 Å². The van der Waals surface area contributed by atoms with Crippen LogP contribution < -0.4 is 10.6 Å². The number of rotatable bonds is 6. The van der Waals surface area contributed by atoms with E-state index in [1.54, 1.807) is 0 Å². The number of aryl methyl sites for hydroxylation is 1.